The lowest BCUT2D eigenvalue weighted by molar-refractivity contribution is -0.117. The van der Waals surface area contributed by atoms with Crippen LogP contribution in [0, 0.1) is 5.92 Å². The maximum Gasteiger partial charge on any atom is 0.227 e. The van der Waals surface area contributed by atoms with Crippen LogP contribution in [0.2, 0.25) is 0 Å². The minimum absolute atomic E-state index is 0.299. The molecule has 2 aliphatic rings. The van der Waals surface area contributed by atoms with Gasteiger partial charge < -0.3 is 4.90 Å². The molecule has 0 radical (unpaired) electrons. The van der Waals surface area contributed by atoms with Gasteiger partial charge in [-0.2, -0.15) is 0 Å². The van der Waals surface area contributed by atoms with Gasteiger partial charge in [-0.05, 0) is 37.0 Å². The molecule has 1 saturated heterocycles. The van der Waals surface area contributed by atoms with E-state index in [9.17, 15) is 4.79 Å². The highest BCUT2D eigenvalue weighted by atomic mass is 79.9. The van der Waals surface area contributed by atoms with Gasteiger partial charge in [-0.3, -0.25) is 4.79 Å². The fourth-order valence-electron chi connectivity index (χ4n) is 3.06. The molecule has 1 heterocycles. The minimum Gasteiger partial charge on any atom is -0.309 e. The Bertz CT molecular complexity index is 432. The van der Waals surface area contributed by atoms with E-state index < -0.39 is 0 Å². The predicted octanol–water partition coefficient (Wildman–Crippen LogP) is 3.35. The first-order valence-corrected chi connectivity index (χ1v) is 6.62. The van der Waals surface area contributed by atoms with Crippen molar-refractivity contribution in [3.8, 4) is 0 Å². The Morgan fingerprint density at radius 2 is 2.19 bits per heavy atom. The quantitative estimate of drug-likeness (QED) is 0.772. The van der Waals surface area contributed by atoms with Gasteiger partial charge in [0.05, 0.1) is 0 Å². The number of carbonyl (C=O) groups is 1. The normalized spacial score (nSPS) is 28.6. The van der Waals surface area contributed by atoms with Crippen molar-refractivity contribution in [3.05, 3.63) is 28.7 Å². The maximum atomic E-state index is 12.0. The molecular weight excluding hydrogens is 266 g/mol. The van der Waals surface area contributed by atoms with Crippen LogP contribution in [0.1, 0.15) is 25.7 Å². The van der Waals surface area contributed by atoms with E-state index in [-0.39, 0.29) is 0 Å². The Kier molecular flexibility index (Phi) is 2.51. The first-order valence-electron chi connectivity index (χ1n) is 5.83. The van der Waals surface area contributed by atoms with Gasteiger partial charge in [0, 0.05) is 22.6 Å². The van der Waals surface area contributed by atoms with E-state index in [1.807, 2.05) is 29.2 Å². The minimum atomic E-state index is 0.299. The van der Waals surface area contributed by atoms with Crippen LogP contribution in [0.15, 0.2) is 28.7 Å². The Morgan fingerprint density at radius 1 is 1.31 bits per heavy atom. The molecule has 2 atom stereocenters. The summed E-state index contributed by atoms with van der Waals surface area (Å²) in [7, 11) is 0. The molecule has 2 nitrogen and oxygen atoms in total. The maximum absolute atomic E-state index is 12.0. The van der Waals surface area contributed by atoms with Crippen molar-refractivity contribution in [1.29, 1.82) is 0 Å². The summed E-state index contributed by atoms with van der Waals surface area (Å²) < 4.78 is 1.04. The highest BCUT2D eigenvalue weighted by Gasteiger charge is 2.42. The number of halogens is 1. The van der Waals surface area contributed by atoms with Crippen molar-refractivity contribution >= 4 is 27.5 Å². The summed E-state index contributed by atoms with van der Waals surface area (Å²) in [5.41, 5.74) is 1.05. The van der Waals surface area contributed by atoms with Crippen LogP contribution in [0.4, 0.5) is 5.69 Å². The Balaban J connectivity index is 1.96. The van der Waals surface area contributed by atoms with Crippen molar-refractivity contribution in [2.45, 2.75) is 31.7 Å². The molecule has 84 valence electrons. The van der Waals surface area contributed by atoms with Crippen molar-refractivity contribution in [2.24, 2.45) is 5.92 Å². The second kappa shape index (κ2) is 3.88. The molecule has 0 unspecified atom stereocenters. The van der Waals surface area contributed by atoms with E-state index in [1.165, 1.54) is 19.3 Å². The van der Waals surface area contributed by atoms with E-state index in [4.69, 9.17) is 0 Å². The lowest BCUT2D eigenvalue weighted by atomic mass is 10.0. The molecule has 0 spiro atoms. The Hall–Kier alpha value is -0.830. The van der Waals surface area contributed by atoms with E-state index in [1.54, 1.807) is 0 Å². The number of rotatable bonds is 1. The SMILES string of the molecule is O=C1C[C@H]2CCC[C@H]2N1c1cccc(Br)c1. The number of hydrogen-bond acceptors (Lipinski definition) is 1. The van der Waals surface area contributed by atoms with Gasteiger partial charge >= 0.3 is 0 Å². The largest absolute Gasteiger partial charge is 0.309 e. The smallest absolute Gasteiger partial charge is 0.227 e. The van der Waals surface area contributed by atoms with Crippen LogP contribution in [0.3, 0.4) is 0 Å². The van der Waals surface area contributed by atoms with Crippen LogP contribution in [-0.2, 0) is 4.79 Å². The molecule has 1 aliphatic heterocycles. The molecule has 1 aliphatic carbocycles. The van der Waals surface area contributed by atoms with E-state index in [0.717, 1.165) is 16.6 Å². The van der Waals surface area contributed by atoms with Crippen molar-refractivity contribution in [3.63, 3.8) is 0 Å². The summed E-state index contributed by atoms with van der Waals surface area (Å²) in [5, 5.41) is 0. The van der Waals surface area contributed by atoms with Gasteiger partial charge in [-0.25, -0.2) is 0 Å². The van der Waals surface area contributed by atoms with Gasteiger partial charge in [0.1, 0.15) is 0 Å². The van der Waals surface area contributed by atoms with Crippen LogP contribution >= 0.6 is 15.9 Å². The van der Waals surface area contributed by atoms with E-state index >= 15 is 0 Å². The second-order valence-corrected chi connectivity index (χ2v) is 5.62. The van der Waals surface area contributed by atoms with Gasteiger partial charge in [0.25, 0.3) is 0 Å². The molecule has 1 aromatic rings. The number of benzene rings is 1. The molecule has 1 aromatic carbocycles. The van der Waals surface area contributed by atoms with Crippen molar-refractivity contribution < 1.29 is 4.79 Å². The van der Waals surface area contributed by atoms with Crippen molar-refractivity contribution in [1.82, 2.24) is 0 Å². The van der Waals surface area contributed by atoms with Crippen LogP contribution in [-0.4, -0.2) is 11.9 Å². The summed E-state index contributed by atoms with van der Waals surface area (Å²) in [6.45, 7) is 0. The van der Waals surface area contributed by atoms with E-state index in [0.29, 0.717) is 17.9 Å². The summed E-state index contributed by atoms with van der Waals surface area (Å²) in [6, 6.07) is 8.52. The first kappa shape index (κ1) is 10.3. The molecule has 3 heteroatoms. The lowest BCUT2D eigenvalue weighted by Crippen LogP contribution is -2.33. The summed E-state index contributed by atoms with van der Waals surface area (Å²) in [6.07, 6.45) is 4.41. The standard InChI is InChI=1S/C13H14BrNO/c14-10-4-2-5-11(8-10)15-12-6-1-3-9(12)7-13(15)16/h2,4-5,8-9,12H,1,3,6-7H2/t9-,12-/m1/s1. The second-order valence-electron chi connectivity index (χ2n) is 4.71. The van der Waals surface area contributed by atoms with Crippen LogP contribution < -0.4 is 4.90 Å². The molecular formula is C13H14BrNO. The molecule has 0 N–H and O–H groups in total. The zero-order valence-corrected chi connectivity index (χ0v) is 10.6. The topological polar surface area (TPSA) is 20.3 Å². The summed E-state index contributed by atoms with van der Waals surface area (Å²) >= 11 is 3.46. The number of hydrogen-bond donors (Lipinski definition) is 0. The number of anilines is 1. The zero-order chi connectivity index (χ0) is 11.1. The third kappa shape index (κ3) is 1.58. The Labute approximate surface area is 104 Å². The third-order valence-electron chi connectivity index (χ3n) is 3.74. The third-order valence-corrected chi connectivity index (χ3v) is 4.24. The predicted molar refractivity (Wildman–Crippen MR) is 67.4 cm³/mol. The molecule has 1 saturated carbocycles. The van der Waals surface area contributed by atoms with E-state index in [2.05, 4.69) is 15.9 Å². The number of carbonyl (C=O) groups excluding carboxylic acids is 1. The summed E-state index contributed by atoms with van der Waals surface area (Å²) in [5.74, 6) is 0.902. The molecule has 3 rings (SSSR count). The molecule has 0 aromatic heterocycles. The van der Waals surface area contributed by atoms with Gasteiger partial charge in [0.2, 0.25) is 5.91 Å². The number of fused-ring (bicyclic) bond motifs is 1. The average Bonchev–Trinajstić information content (AvgIpc) is 2.76. The fraction of sp³-hybridized carbons (Fsp3) is 0.462. The highest BCUT2D eigenvalue weighted by molar-refractivity contribution is 9.10. The summed E-state index contributed by atoms with van der Waals surface area (Å²) in [4.78, 5) is 14.0. The lowest BCUT2D eigenvalue weighted by Gasteiger charge is -2.24. The van der Waals surface area contributed by atoms with Gasteiger partial charge in [-0.15, -0.1) is 0 Å². The number of nitrogens with zero attached hydrogens (tertiary/aromatic N) is 1. The molecule has 2 fully saturated rings. The van der Waals surface area contributed by atoms with Crippen LogP contribution in [0.25, 0.3) is 0 Å². The zero-order valence-electron chi connectivity index (χ0n) is 9.03. The van der Waals surface area contributed by atoms with Crippen LogP contribution in [0.5, 0.6) is 0 Å². The fourth-order valence-corrected chi connectivity index (χ4v) is 3.45. The Morgan fingerprint density at radius 3 is 3.00 bits per heavy atom. The number of amides is 1. The van der Waals surface area contributed by atoms with Gasteiger partial charge in [-0.1, -0.05) is 28.4 Å². The highest BCUT2D eigenvalue weighted by Crippen LogP contribution is 2.41. The van der Waals surface area contributed by atoms with Crippen molar-refractivity contribution in [2.75, 3.05) is 4.90 Å². The monoisotopic (exact) mass is 279 g/mol. The average molecular weight is 280 g/mol. The molecule has 1 amide bonds. The molecule has 0 bridgehead atoms. The first-order chi connectivity index (χ1) is 7.75. The molecule has 16 heavy (non-hydrogen) atoms. The van der Waals surface area contributed by atoms with Gasteiger partial charge in [0.15, 0.2) is 0 Å².